The molecule has 0 rings (SSSR count). The summed E-state index contributed by atoms with van der Waals surface area (Å²) in [7, 11) is 0. The SMILES string of the molecule is CC=CC(=O)OC(OC(=O)CC(C)=O)C(C)(C)CC(C)C. The third-order valence-electron chi connectivity index (χ3n) is 2.73. The zero-order valence-corrected chi connectivity index (χ0v) is 13.8. The first kappa shape index (κ1) is 19.4. The highest BCUT2D eigenvalue weighted by molar-refractivity contribution is 5.94. The molecule has 5 heteroatoms. The van der Waals surface area contributed by atoms with E-state index in [-0.39, 0.29) is 12.2 Å². The second-order valence-electron chi connectivity index (χ2n) is 6.22. The topological polar surface area (TPSA) is 69.7 Å². The normalized spacial score (nSPS) is 13.3. The number of carbonyl (C=O) groups is 3. The second kappa shape index (κ2) is 8.60. The number of hydrogen-bond donors (Lipinski definition) is 0. The maximum atomic E-state index is 11.7. The van der Waals surface area contributed by atoms with Crippen molar-refractivity contribution in [3.8, 4) is 0 Å². The summed E-state index contributed by atoms with van der Waals surface area (Å²) in [5.41, 5.74) is -0.544. The second-order valence-corrected chi connectivity index (χ2v) is 6.22. The lowest BCUT2D eigenvalue weighted by atomic mass is 9.83. The van der Waals surface area contributed by atoms with Gasteiger partial charge in [0.1, 0.15) is 12.2 Å². The van der Waals surface area contributed by atoms with Gasteiger partial charge in [0.05, 0.1) is 0 Å². The van der Waals surface area contributed by atoms with Crippen molar-refractivity contribution in [3.05, 3.63) is 12.2 Å². The van der Waals surface area contributed by atoms with E-state index in [1.165, 1.54) is 13.0 Å². The number of ether oxygens (including phenoxy) is 2. The van der Waals surface area contributed by atoms with Gasteiger partial charge in [0, 0.05) is 11.5 Å². The van der Waals surface area contributed by atoms with Gasteiger partial charge in [0.2, 0.25) is 0 Å². The highest BCUT2D eigenvalue weighted by Gasteiger charge is 2.36. The summed E-state index contributed by atoms with van der Waals surface area (Å²) in [6.45, 7) is 10.8. The molecular formula is C16H26O5. The number of Topliss-reactive ketones (excluding diaryl/α,β-unsaturated/α-hetero) is 1. The molecule has 0 aromatic rings. The molecule has 0 heterocycles. The standard InChI is InChI=1S/C16H26O5/c1-7-8-13(18)20-15(16(5,6)10-11(2)3)21-14(19)9-12(4)17/h7-8,11,15H,9-10H2,1-6H3. The van der Waals surface area contributed by atoms with Crippen LogP contribution in [0.3, 0.4) is 0 Å². The molecule has 0 saturated heterocycles. The molecule has 0 aromatic heterocycles. The minimum atomic E-state index is -1.02. The number of hydrogen-bond acceptors (Lipinski definition) is 5. The molecule has 0 radical (unpaired) electrons. The lowest BCUT2D eigenvalue weighted by molar-refractivity contribution is -0.207. The van der Waals surface area contributed by atoms with E-state index >= 15 is 0 Å². The van der Waals surface area contributed by atoms with Crippen molar-refractivity contribution in [1.29, 1.82) is 0 Å². The smallest absolute Gasteiger partial charge is 0.333 e. The van der Waals surface area contributed by atoms with Gasteiger partial charge >= 0.3 is 11.9 Å². The number of carbonyl (C=O) groups excluding carboxylic acids is 3. The van der Waals surface area contributed by atoms with Crippen molar-refractivity contribution >= 4 is 17.7 Å². The number of rotatable bonds is 8. The van der Waals surface area contributed by atoms with E-state index in [0.29, 0.717) is 12.3 Å². The monoisotopic (exact) mass is 298 g/mol. The van der Waals surface area contributed by atoms with Crippen molar-refractivity contribution in [1.82, 2.24) is 0 Å². The van der Waals surface area contributed by atoms with Gasteiger partial charge in [0.25, 0.3) is 6.29 Å². The molecule has 0 bridgehead atoms. The molecule has 21 heavy (non-hydrogen) atoms. The van der Waals surface area contributed by atoms with Gasteiger partial charge in [-0.2, -0.15) is 0 Å². The van der Waals surface area contributed by atoms with E-state index in [1.807, 2.05) is 27.7 Å². The first-order chi connectivity index (χ1) is 9.58. The van der Waals surface area contributed by atoms with Crippen LogP contribution in [0.25, 0.3) is 0 Å². The molecule has 1 atom stereocenters. The van der Waals surface area contributed by atoms with Crippen molar-refractivity contribution in [3.63, 3.8) is 0 Å². The fourth-order valence-electron chi connectivity index (χ4n) is 2.14. The number of allylic oxidation sites excluding steroid dienone is 1. The molecule has 0 N–H and O–H groups in total. The molecule has 120 valence electrons. The zero-order chi connectivity index (χ0) is 16.6. The Morgan fingerprint density at radius 2 is 1.71 bits per heavy atom. The Bertz CT molecular complexity index is 407. The number of ketones is 1. The van der Waals surface area contributed by atoms with Crippen LogP contribution in [0.5, 0.6) is 0 Å². The molecule has 1 unspecified atom stereocenters. The van der Waals surface area contributed by atoms with Gasteiger partial charge in [-0.05, 0) is 26.2 Å². The van der Waals surface area contributed by atoms with Gasteiger partial charge in [0.15, 0.2) is 0 Å². The average molecular weight is 298 g/mol. The molecule has 0 amide bonds. The van der Waals surface area contributed by atoms with Crippen LogP contribution in [0.4, 0.5) is 0 Å². The fourth-order valence-corrected chi connectivity index (χ4v) is 2.14. The van der Waals surface area contributed by atoms with Crippen LogP contribution < -0.4 is 0 Å². The summed E-state index contributed by atoms with van der Waals surface area (Å²) in [4.78, 5) is 34.3. The lowest BCUT2D eigenvalue weighted by Crippen LogP contribution is -2.39. The van der Waals surface area contributed by atoms with E-state index in [0.717, 1.165) is 0 Å². The third-order valence-corrected chi connectivity index (χ3v) is 2.73. The van der Waals surface area contributed by atoms with Crippen LogP contribution in [0.1, 0.15) is 54.4 Å². The summed E-state index contributed by atoms with van der Waals surface area (Å²) in [5, 5.41) is 0. The Hall–Kier alpha value is -1.65. The first-order valence-electron chi connectivity index (χ1n) is 7.10. The van der Waals surface area contributed by atoms with Gasteiger partial charge in [-0.3, -0.25) is 9.59 Å². The molecule has 0 aliphatic heterocycles. The predicted molar refractivity (Wildman–Crippen MR) is 79.3 cm³/mol. The van der Waals surface area contributed by atoms with Gasteiger partial charge in [-0.1, -0.05) is 33.8 Å². The van der Waals surface area contributed by atoms with Crippen molar-refractivity contribution in [2.45, 2.75) is 60.7 Å². The summed E-state index contributed by atoms with van der Waals surface area (Å²) in [6, 6.07) is 0. The van der Waals surface area contributed by atoms with Crippen LogP contribution in [-0.2, 0) is 23.9 Å². The zero-order valence-electron chi connectivity index (χ0n) is 13.8. The average Bonchev–Trinajstić information content (AvgIpc) is 2.25. The largest absolute Gasteiger partial charge is 0.424 e. The lowest BCUT2D eigenvalue weighted by Gasteiger charge is -2.33. The molecule has 0 fully saturated rings. The van der Waals surface area contributed by atoms with Crippen molar-refractivity contribution in [2.24, 2.45) is 11.3 Å². The van der Waals surface area contributed by atoms with Crippen LogP contribution >= 0.6 is 0 Å². The Balaban J connectivity index is 5.03. The molecular weight excluding hydrogens is 272 g/mol. The van der Waals surface area contributed by atoms with E-state index in [2.05, 4.69) is 0 Å². The number of esters is 2. The van der Waals surface area contributed by atoms with E-state index in [9.17, 15) is 14.4 Å². The van der Waals surface area contributed by atoms with E-state index in [4.69, 9.17) is 9.47 Å². The Morgan fingerprint density at radius 1 is 1.14 bits per heavy atom. The highest BCUT2D eigenvalue weighted by atomic mass is 16.7. The van der Waals surface area contributed by atoms with E-state index < -0.39 is 23.6 Å². The quantitative estimate of drug-likeness (QED) is 0.298. The molecule has 0 aliphatic carbocycles. The molecule has 0 spiro atoms. The Labute approximate surface area is 126 Å². The summed E-state index contributed by atoms with van der Waals surface area (Å²) in [6.07, 6.45) is 2.17. The minimum Gasteiger partial charge on any atom is -0.424 e. The van der Waals surface area contributed by atoms with Crippen molar-refractivity contribution < 1.29 is 23.9 Å². The Kier molecular flexibility index (Phi) is 7.92. The predicted octanol–water partition coefficient (Wildman–Crippen LogP) is 3.03. The van der Waals surface area contributed by atoms with Crippen LogP contribution in [0, 0.1) is 11.3 Å². The summed E-state index contributed by atoms with van der Waals surface area (Å²) in [5.74, 6) is -1.21. The first-order valence-corrected chi connectivity index (χ1v) is 7.10. The van der Waals surface area contributed by atoms with E-state index in [1.54, 1.807) is 13.0 Å². The van der Waals surface area contributed by atoms with Gasteiger partial charge in [-0.15, -0.1) is 0 Å². The molecule has 0 aliphatic rings. The van der Waals surface area contributed by atoms with Gasteiger partial charge in [-0.25, -0.2) is 4.79 Å². The third kappa shape index (κ3) is 8.27. The van der Waals surface area contributed by atoms with Gasteiger partial charge < -0.3 is 9.47 Å². The molecule has 0 aromatic carbocycles. The fraction of sp³-hybridized carbons (Fsp3) is 0.688. The summed E-state index contributed by atoms with van der Waals surface area (Å²) >= 11 is 0. The minimum absolute atomic E-state index is 0.291. The molecule has 0 saturated carbocycles. The Morgan fingerprint density at radius 3 is 2.14 bits per heavy atom. The maximum Gasteiger partial charge on any atom is 0.333 e. The van der Waals surface area contributed by atoms with Crippen LogP contribution in [-0.4, -0.2) is 24.0 Å². The maximum absolute atomic E-state index is 11.7. The summed E-state index contributed by atoms with van der Waals surface area (Å²) < 4.78 is 10.4. The van der Waals surface area contributed by atoms with Crippen molar-refractivity contribution in [2.75, 3.05) is 0 Å². The van der Waals surface area contributed by atoms with Crippen LogP contribution in [0.15, 0.2) is 12.2 Å². The molecule has 5 nitrogen and oxygen atoms in total. The van der Waals surface area contributed by atoms with Crippen LogP contribution in [0.2, 0.25) is 0 Å². The highest BCUT2D eigenvalue weighted by Crippen LogP contribution is 2.32.